The van der Waals surface area contributed by atoms with Gasteiger partial charge in [-0.05, 0) is 25.5 Å². The number of ether oxygens (including phenoxy) is 1. The Bertz CT molecular complexity index is 940. The summed E-state index contributed by atoms with van der Waals surface area (Å²) in [4.78, 5) is 20.4. The standard InChI is InChI=1S/C22H24BrN3O2S/c1-15-4-6-16(7-5-15)20-22(29-14-19(27)24-12-3-13-28-2)26-21(25-20)17-8-10-18(23)11-9-17/h4-11H,3,12-14H2,1-2H3,(H,24,27)(H,25,26). The molecular formula is C22H24BrN3O2S. The van der Waals surface area contributed by atoms with E-state index in [1.54, 1.807) is 7.11 Å². The first-order chi connectivity index (χ1) is 14.1. The van der Waals surface area contributed by atoms with Gasteiger partial charge >= 0.3 is 0 Å². The monoisotopic (exact) mass is 473 g/mol. The zero-order valence-electron chi connectivity index (χ0n) is 16.5. The summed E-state index contributed by atoms with van der Waals surface area (Å²) in [6.45, 7) is 3.32. The molecule has 0 saturated heterocycles. The first kappa shape index (κ1) is 21.6. The second kappa shape index (κ2) is 10.6. The van der Waals surface area contributed by atoms with Crippen molar-refractivity contribution in [1.82, 2.24) is 15.3 Å². The topological polar surface area (TPSA) is 67.0 Å². The summed E-state index contributed by atoms with van der Waals surface area (Å²) in [7, 11) is 1.66. The van der Waals surface area contributed by atoms with Crippen molar-refractivity contribution in [2.24, 2.45) is 0 Å². The number of rotatable bonds is 9. The molecule has 2 aromatic carbocycles. The number of nitrogens with one attached hydrogen (secondary N) is 2. The van der Waals surface area contributed by atoms with Gasteiger partial charge in [0.25, 0.3) is 0 Å². The second-order valence-corrected chi connectivity index (χ2v) is 8.50. The van der Waals surface area contributed by atoms with Gasteiger partial charge in [0, 0.05) is 35.9 Å². The molecule has 0 bridgehead atoms. The molecule has 3 aromatic rings. The SMILES string of the molecule is COCCCNC(=O)CSc1nc(-c2ccc(Br)cc2)[nH]c1-c1ccc(C)cc1. The molecule has 0 fully saturated rings. The number of benzene rings is 2. The van der Waals surface area contributed by atoms with E-state index in [2.05, 4.69) is 57.4 Å². The predicted molar refractivity (Wildman–Crippen MR) is 122 cm³/mol. The Balaban J connectivity index is 1.79. The molecule has 0 spiro atoms. The van der Waals surface area contributed by atoms with Gasteiger partial charge in [0.15, 0.2) is 0 Å². The van der Waals surface area contributed by atoms with Crippen LogP contribution in [0, 0.1) is 6.92 Å². The fourth-order valence-electron chi connectivity index (χ4n) is 2.75. The predicted octanol–water partition coefficient (Wildman–Crippen LogP) is 5.06. The summed E-state index contributed by atoms with van der Waals surface area (Å²) in [6.07, 6.45) is 0.803. The van der Waals surface area contributed by atoms with Crippen LogP contribution in [0.5, 0.6) is 0 Å². The second-order valence-electron chi connectivity index (χ2n) is 6.62. The minimum atomic E-state index is -0.00542. The van der Waals surface area contributed by atoms with E-state index < -0.39 is 0 Å². The van der Waals surface area contributed by atoms with Crippen molar-refractivity contribution >= 4 is 33.6 Å². The molecular weight excluding hydrogens is 450 g/mol. The molecule has 0 saturated carbocycles. The minimum Gasteiger partial charge on any atom is -0.385 e. The number of halogens is 1. The van der Waals surface area contributed by atoms with Crippen LogP contribution in [0.1, 0.15) is 12.0 Å². The number of aromatic nitrogens is 2. The molecule has 0 aliphatic carbocycles. The zero-order chi connectivity index (χ0) is 20.6. The maximum absolute atomic E-state index is 12.2. The molecule has 1 heterocycles. The lowest BCUT2D eigenvalue weighted by Crippen LogP contribution is -2.26. The van der Waals surface area contributed by atoms with Gasteiger partial charge in [-0.3, -0.25) is 4.79 Å². The molecule has 0 aliphatic rings. The number of aryl methyl sites for hydroxylation is 1. The van der Waals surface area contributed by atoms with Crippen LogP contribution in [0.4, 0.5) is 0 Å². The quantitative estimate of drug-likeness (QED) is 0.336. The number of nitrogens with zero attached hydrogens (tertiary/aromatic N) is 1. The number of carbonyl (C=O) groups excluding carboxylic acids is 1. The molecule has 0 radical (unpaired) electrons. The third kappa shape index (κ3) is 6.19. The van der Waals surface area contributed by atoms with Gasteiger partial charge in [-0.25, -0.2) is 4.98 Å². The van der Waals surface area contributed by atoms with Crippen molar-refractivity contribution in [2.75, 3.05) is 26.0 Å². The summed E-state index contributed by atoms with van der Waals surface area (Å²) in [6, 6.07) is 16.3. The van der Waals surface area contributed by atoms with E-state index in [1.165, 1.54) is 17.3 Å². The first-order valence-corrected chi connectivity index (χ1v) is 11.2. The van der Waals surface area contributed by atoms with Crippen LogP contribution in [0.15, 0.2) is 58.0 Å². The van der Waals surface area contributed by atoms with Gasteiger partial charge in [0.2, 0.25) is 5.91 Å². The van der Waals surface area contributed by atoms with E-state index in [1.807, 2.05) is 24.3 Å². The highest BCUT2D eigenvalue weighted by molar-refractivity contribution is 9.10. The normalized spacial score (nSPS) is 10.9. The summed E-state index contributed by atoms with van der Waals surface area (Å²) in [5.41, 5.74) is 4.18. The maximum Gasteiger partial charge on any atom is 0.230 e. The van der Waals surface area contributed by atoms with E-state index in [9.17, 15) is 4.79 Å². The average molecular weight is 474 g/mol. The number of thioether (sulfide) groups is 1. The summed E-state index contributed by atoms with van der Waals surface area (Å²) in [5.74, 6) is 1.10. The Kier molecular flexibility index (Phi) is 7.91. The van der Waals surface area contributed by atoms with Gasteiger partial charge in [0.1, 0.15) is 10.9 Å². The van der Waals surface area contributed by atoms with E-state index >= 15 is 0 Å². The van der Waals surface area contributed by atoms with E-state index in [0.29, 0.717) is 18.9 Å². The molecule has 5 nitrogen and oxygen atoms in total. The third-order valence-electron chi connectivity index (χ3n) is 4.32. The van der Waals surface area contributed by atoms with Crippen molar-refractivity contribution in [3.8, 4) is 22.6 Å². The fraction of sp³-hybridized carbons (Fsp3) is 0.273. The number of methoxy groups -OCH3 is 1. The maximum atomic E-state index is 12.2. The molecule has 2 N–H and O–H groups in total. The summed E-state index contributed by atoms with van der Waals surface area (Å²) < 4.78 is 6.02. The van der Waals surface area contributed by atoms with Gasteiger partial charge < -0.3 is 15.0 Å². The van der Waals surface area contributed by atoms with Crippen LogP contribution >= 0.6 is 27.7 Å². The van der Waals surface area contributed by atoms with Gasteiger partial charge in [-0.1, -0.05) is 69.7 Å². The molecule has 7 heteroatoms. The number of H-pyrrole nitrogens is 1. The summed E-state index contributed by atoms with van der Waals surface area (Å²) >= 11 is 4.91. The number of aromatic amines is 1. The molecule has 1 amide bonds. The van der Waals surface area contributed by atoms with Crippen molar-refractivity contribution < 1.29 is 9.53 Å². The zero-order valence-corrected chi connectivity index (χ0v) is 18.9. The van der Waals surface area contributed by atoms with Crippen LogP contribution in [-0.2, 0) is 9.53 Å². The molecule has 0 unspecified atom stereocenters. The van der Waals surface area contributed by atoms with Crippen LogP contribution < -0.4 is 5.32 Å². The average Bonchev–Trinajstić information content (AvgIpc) is 3.15. The molecule has 3 rings (SSSR count). The number of hydrogen-bond acceptors (Lipinski definition) is 4. The van der Waals surface area contributed by atoms with E-state index in [-0.39, 0.29) is 5.91 Å². The van der Waals surface area contributed by atoms with Crippen LogP contribution in [0.25, 0.3) is 22.6 Å². The van der Waals surface area contributed by atoms with Gasteiger partial charge in [-0.2, -0.15) is 0 Å². The Morgan fingerprint density at radius 2 is 1.83 bits per heavy atom. The highest BCUT2D eigenvalue weighted by Gasteiger charge is 2.15. The lowest BCUT2D eigenvalue weighted by molar-refractivity contribution is -0.118. The third-order valence-corrected chi connectivity index (χ3v) is 5.82. The molecule has 152 valence electrons. The number of hydrogen-bond donors (Lipinski definition) is 2. The van der Waals surface area contributed by atoms with Crippen molar-refractivity contribution in [3.05, 3.63) is 58.6 Å². The van der Waals surface area contributed by atoms with Crippen LogP contribution in [0.3, 0.4) is 0 Å². The highest BCUT2D eigenvalue weighted by atomic mass is 79.9. The lowest BCUT2D eigenvalue weighted by atomic mass is 10.1. The lowest BCUT2D eigenvalue weighted by Gasteiger charge is -2.05. The molecule has 0 atom stereocenters. The van der Waals surface area contributed by atoms with Crippen LogP contribution in [-0.4, -0.2) is 41.9 Å². The van der Waals surface area contributed by atoms with Gasteiger partial charge in [0.05, 0.1) is 11.4 Å². The smallest absolute Gasteiger partial charge is 0.230 e. The van der Waals surface area contributed by atoms with Crippen molar-refractivity contribution in [2.45, 2.75) is 18.4 Å². The number of imidazole rings is 1. The van der Waals surface area contributed by atoms with Gasteiger partial charge in [-0.15, -0.1) is 0 Å². The van der Waals surface area contributed by atoms with Crippen molar-refractivity contribution in [3.63, 3.8) is 0 Å². The fourth-order valence-corrected chi connectivity index (χ4v) is 3.85. The largest absolute Gasteiger partial charge is 0.385 e. The highest BCUT2D eigenvalue weighted by Crippen LogP contribution is 2.33. The number of carbonyl (C=O) groups is 1. The first-order valence-electron chi connectivity index (χ1n) is 9.38. The number of amides is 1. The Hall–Kier alpha value is -2.09. The minimum absolute atomic E-state index is 0.00542. The molecule has 1 aromatic heterocycles. The van der Waals surface area contributed by atoms with Crippen molar-refractivity contribution in [1.29, 1.82) is 0 Å². The Morgan fingerprint density at radius 1 is 1.14 bits per heavy atom. The molecule has 0 aliphatic heterocycles. The van der Waals surface area contributed by atoms with E-state index in [4.69, 9.17) is 9.72 Å². The molecule has 29 heavy (non-hydrogen) atoms. The van der Waals surface area contributed by atoms with Crippen LogP contribution in [0.2, 0.25) is 0 Å². The summed E-state index contributed by atoms with van der Waals surface area (Å²) in [5, 5.41) is 3.73. The Labute approximate surface area is 183 Å². The Morgan fingerprint density at radius 3 is 2.52 bits per heavy atom. The van der Waals surface area contributed by atoms with E-state index in [0.717, 1.165) is 38.6 Å².